The summed E-state index contributed by atoms with van der Waals surface area (Å²) in [6.45, 7) is 8.31. The highest BCUT2D eigenvalue weighted by atomic mass is 16.6. The Bertz CT molecular complexity index is 1200. The fourth-order valence-electron chi connectivity index (χ4n) is 4.21. The first-order valence-electron chi connectivity index (χ1n) is 12.0. The Morgan fingerprint density at radius 2 is 1.74 bits per heavy atom. The Labute approximate surface area is 206 Å². The van der Waals surface area contributed by atoms with E-state index in [1.165, 1.54) is 0 Å². The topological polar surface area (TPSA) is 98.6 Å². The first-order valence-corrected chi connectivity index (χ1v) is 12.0. The minimum atomic E-state index is -0.775. The highest BCUT2D eigenvalue weighted by molar-refractivity contribution is 5.94. The van der Waals surface area contributed by atoms with Crippen molar-refractivity contribution < 1.29 is 14.3 Å². The maximum absolute atomic E-state index is 13.3. The van der Waals surface area contributed by atoms with E-state index in [0.717, 1.165) is 22.0 Å². The minimum Gasteiger partial charge on any atom is -0.377 e. The summed E-state index contributed by atoms with van der Waals surface area (Å²) in [7, 11) is 1.75. The number of likely N-dealkylation sites (N-methyl/N-ethyl adjacent to an activating group) is 1. The summed E-state index contributed by atoms with van der Waals surface area (Å²) in [6, 6.07) is 16.6. The lowest BCUT2D eigenvalue weighted by Crippen LogP contribution is -2.51. The van der Waals surface area contributed by atoms with Gasteiger partial charge in [-0.05, 0) is 44.5 Å². The second kappa shape index (κ2) is 10.5. The smallest absolute Gasteiger partial charge is 0.237 e. The number of ether oxygens (including phenoxy) is 1. The van der Waals surface area contributed by atoms with Crippen LogP contribution in [0.4, 0.5) is 0 Å². The van der Waals surface area contributed by atoms with Gasteiger partial charge in [0.25, 0.3) is 0 Å². The molecule has 1 fully saturated rings. The minimum absolute atomic E-state index is 0.0109. The van der Waals surface area contributed by atoms with Crippen LogP contribution in [0.25, 0.3) is 10.9 Å². The van der Waals surface area contributed by atoms with Crippen LogP contribution >= 0.6 is 0 Å². The number of fused-ring (bicyclic) bond motifs is 1. The molecule has 7 nitrogen and oxygen atoms in total. The van der Waals surface area contributed by atoms with E-state index in [1.54, 1.807) is 14.0 Å². The zero-order valence-electron chi connectivity index (χ0n) is 20.6. The fraction of sp³-hybridized carbons (Fsp3) is 0.357. The summed E-state index contributed by atoms with van der Waals surface area (Å²) < 4.78 is 5.46. The molecular weight excluding hydrogens is 440 g/mol. The van der Waals surface area contributed by atoms with Gasteiger partial charge in [-0.25, -0.2) is 0 Å². The summed E-state index contributed by atoms with van der Waals surface area (Å²) in [6.07, 6.45) is 2.99. The summed E-state index contributed by atoms with van der Waals surface area (Å²) in [5, 5.41) is 10.6. The van der Waals surface area contributed by atoms with Gasteiger partial charge in [0.15, 0.2) is 5.78 Å². The maximum atomic E-state index is 13.3. The number of carbonyl (C=O) groups is 2. The van der Waals surface area contributed by atoms with Crippen molar-refractivity contribution in [3.63, 3.8) is 0 Å². The van der Waals surface area contributed by atoms with Crippen LogP contribution in [0.3, 0.4) is 0 Å². The third-order valence-electron chi connectivity index (χ3n) is 6.72. The lowest BCUT2D eigenvalue weighted by atomic mass is 9.93. The molecule has 0 aliphatic carbocycles. The van der Waals surface area contributed by atoms with Gasteiger partial charge < -0.3 is 25.7 Å². The standard InChI is InChI=1S/C28H34N4O3/c1-18(31-25(26(33)28(3)17-35-28)14-20-10-6-5-7-11-20)24(32-27(34)19(2)29-4)15-21-16-30-23-13-9-8-12-22(21)23/h5-13,16,19,24-25,29-31H,1,14-15,17H2,2-4H3,(H,32,34)/t19?,24-,25?,28?/m0/s1. The molecule has 1 amide bonds. The quantitative estimate of drug-likeness (QED) is 0.303. The number of H-pyrrole nitrogens is 1. The van der Waals surface area contributed by atoms with Crippen molar-refractivity contribution in [1.29, 1.82) is 0 Å². The number of epoxide rings is 1. The van der Waals surface area contributed by atoms with Crippen LogP contribution in [0, 0.1) is 0 Å². The molecule has 184 valence electrons. The van der Waals surface area contributed by atoms with E-state index >= 15 is 0 Å². The zero-order valence-corrected chi connectivity index (χ0v) is 20.6. The number of benzene rings is 2. The molecule has 35 heavy (non-hydrogen) atoms. The average molecular weight is 475 g/mol. The average Bonchev–Trinajstić information content (AvgIpc) is 3.50. The van der Waals surface area contributed by atoms with Crippen molar-refractivity contribution in [1.82, 2.24) is 20.9 Å². The van der Waals surface area contributed by atoms with Crippen LogP contribution in [-0.4, -0.2) is 54.1 Å². The molecule has 2 heterocycles. The number of para-hydroxylation sites is 1. The fourth-order valence-corrected chi connectivity index (χ4v) is 4.21. The number of amides is 1. The molecule has 4 N–H and O–H groups in total. The molecular formula is C28H34N4O3. The predicted octanol–water partition coefficient (Wildman–Crippen LogP) is 2.88. The monoisotopic (exact) mass is 474 g/mol. The summed E-state index contributed by atoms with van der Waals surface area (Å²) >= 11 is 0. The molecule has 0 radical (unpaired) electrons. The second-order valence-electron chi connectivity index (χ2n) is 9.43. The van der Waals surface area contributed by atoms with Crippen molar-refractivity contribution in [3.8, 4) is 0 Å². The van der Waals surface area contributed by atoms with E-state index in [0.29, 0.717) is 25.1 Å². The molecule has 1 aliphatic rings. The van der Waals surface area contributed by atoms with Gasteiger partial charge in [-0.1, -0.05) is 55.1 Å². The summed E-state index contributed by atoms with van der Waals surface area (Å²) in [5.41, 5.74) is 2.95. The molecule has 0 saturated carbocycles. The van der Waals surface area contributed by atoms with E-state index < -0.39 is 17.7 Å². The SMILES string of the molecule is C=C(NC(Cc1ccccc1)C(=O)C1(C)CO1)[C@H](Cc1c[nH]c2ccccc12)NC(=O)C(C)NC. The van der Waals surface area contributed by atoms with E-state index in [4.69, 9.17) is 4.74 Å². The van der Waals surface area contributed by atoms with E-state index in [-0.39, 0.29) is 17.7 Å². The molecule has 0 bridgehead atoms. The van der Waals surface area contributed by atoms with Crippen molar-refractivity contribution in [2.75, 3.05) is 13.7 Å². The number of rotatable bonds is 12. The van der Waals surface area contributed by atoms with Gasteiger partial charge in [-0.2, -0.15) is 0 Å². The van der Waals surface area contributed by atoms with Gasteiger partial charge in [0.05, 0.1) is 24.7 Å². The summed E-state index contributed by atoms with van der Waals surface area (Å²) in [5.74, 6) is -0.146. The molecule has 3 unspecified atom stereocenters. The number of aromatic amines is 1. The van der Waals surface area contributed by atoms with Crippen molar-refractivity contribution >= 4 is 22.6 Å². The first-order chi connectivity index (χ1) is 16.8. The van der Waals surface area contributed by atoms with Gasteiger partial charge in [0, 0.05) is 29.2 Å². The maximum Gasteiger partial charge on any atom is 0.237 e. The molecule has 1 saturated heterocycles. The number of aromatic nitrogens is 1. The largest absolute Gasteiger partial charge is 0.377 e. The Balaban J connectivity index is 1.58. The lowest BCUT2D eigenvalue weighted by molar-refractivity contribution is -0.125. The highest BCUT2D eigenvalue weighted by Crippen LogP contribution is 2.29. The van der Waals surface area contributed by atoms with Gasteiger partial charge >= 0.3 is 0 Å². The Kier molecular flexibility index (Phi) is 7.38. The van der Waals surface area contributed by atoms with Crippen LogP contribution in [-0.2, 0) is 27.2 Å². The molecule has 2 aromatic carbocycles. The van der Waals surface area contributed by atoms with Gasteiger partial charge in [0.2, 0.25) is 5.91 Å². The zero-order chi connectivity index (χ0) is 25.0. The Hall–Kier alpha value is -3.42. The van der Waals surface area contributed by atoms with Crippen LogP contribution in [0.15, 0.2) is 73.1 Å². The molecule has 1 aliphatic heterocycles. The Morgan fingerprint density at radius 1 is 1.06 bits per heavy atom. The molecule has 3 aromatic rings. The first kappa shape index (κ1) is 24.7. The number of hydrogen-bond donors (Lipinski definition) is 4. The Morgan fingerprint density at radius 3 is 2.43 bits per heavy atom. The van der Waals surface area contributed by atoms with Gasteiger partial charge in [0.1, 0.15) is 5.60 Å². The van der Waals surface area contributed by atoms with E-state index in [2.05, 4.69) is 33.6 Å². The number of ketones is 1. The molecule has 7 heteroatoms. The third kappa shape index (κ3) is 5.81. The molecule has 4 rings (SSSR count). The molecule has 1 aromatic heterocycles. The number of hydrogen-bond acceptors (Lipinski definition) is 5. The van der Waals surface area contributed by atoms with Crippen LogP contribution in [0.5, 0.6) is 0 Å². The van der Waals surface area contributed by atoms with E-state index in [1.807, 2.05) is 61.7 Å². The number of Topliss-reactive ketones (excluding diaryl/α,β-unsaturated/α-hetero) is 1. The highest BCUT2D eigenvalue weighted by Gasteiger charge is 2.49. The third-order valence-corrected chi connectivity index (χ3v) is 6.72. The van der Waals surface area contributed by atoms with Crippen molar-refractivity contribution in [2.24, 2.45) is 0 Å². The predicted molar refractivity (Wildman–Crippen MR) is 138 cm³/mol. The lowest BCUT2D eigenvalue weighted by Gasteiger charge is -2.28. The number of carbonyl (C=O) groups excluding carboxylic acids is 2. The van der Waals surface area contributed by atoms with Gasteiger partial charge in [-0.15, -0.1) is 0 Å². The van der Waals surface area contributed by atoms with E-state index in [9.17, 15) is 9.59 Å². The van der Waals surface area contributed by atoms with Crippen LogP contribution < -0.4 is 16.0 Å². The van der Waals surface area contributed by atoms with Crippen molar-refractivity contribution in [2.45, 2.75) is 50.4 Å². The summed E-state index contributed by atoms with van der Waals surface area (Å²) in [4.78, 5) is 29.4. The second-order valence-corrected chi connectivity index (χ2v) is 9.43. The number of nitrogens with one attached hydrogen (secondary N) is 4. The van der Waals surface area contributed by atoms with Crippen LogP contribution in [0.1, 0.15) is 25.0 Å². The van der Waals surface area contributed by atoms with Crippen LogP contribution in [0.2, 0.25) is 0 Å². The van der Waals surface area contributed by atoms with Crippen molar-refractivity contribution in [3.05, 3.63) is 84.2 Å². The normalized spacial score (nSPS) is 19.5. The molecule has 0 spiro atoms. The van der Waals surface area contributed by atoms with Gasteiger partial charge in [-0.3, -0.25) is 9.59 Å². The molecule has 4 atom stereocenters.